The lowest BCUT2D eigenvalue weighted by Gasteiger charge is -1.95. The molecule has 0 amide bonds. The molecule has 0 spiro atoms. The first kappa shape index (κ1) is 7.24. The van der Waals surface area contributed by atoms with Gasteiger partial charge in [-0.3, -0.25) is 4.98 Å². The van der Waals surface area contributed by atoms with Gasteiger partial charge in [-0.05, 0) is 23.7 Å². The highest BCUT2D eigenvalue weighted by atomic mass is 32.1. The van der Waals surface area contributed by atoms with Crippen molar-refractivity contribution in [2.24, 2.45) is 0 Å². The number of anilines is 1. The van der Waals surface area contributed by atoms with Gasteiger partial charge in [0.25, 0.3) is 0 Å². The Morgan fingerprint density at radius 2 is 2.00 bits per heavy atom. The van der Waals surface area contributed by atoms with Gasteiger partial charge in [-0.15, -0.1) is 0 Å². The molecule has 0 radical (unpaired) electrons. The third kappa shape index (κ3) is 1.16. The molecule has 2 aromatic heterocycles. The van der Waals surface area contributed by atoms with E-state index in [0.29, 0.717) is 0 Å². The summed E-state index contributed by atoms with van der Waals surface area (Å²) in [5.74, 6) is 0. The molecule has 0 aromatic carbocycles. The lowest BCUT2D eigenvalue weighted by molar-refractivity contribution is 1.32. The molecule has 4 heteroatoms. The third-order valence-corrected chi connectivity index (χ3v) is 2.20. The van der Waals surface area contributed by atoms with Crippen LogP contribution in [0.1, 0.15) is 0 Å². The Hall–Kier alpha value is -1.42. The van der Waals surface area contributed by atoms with Gasteiger partial charge < -0.3 is 5.73 Å². The van der Waals surface area contributed by atoms with E-state index in [0.717, 1.165) is 16.9 Å². The lowest BCUT2D eigenvalue weighted by Crippen LogP contribution is -1.86. The Bertz CT molecular complexity index is 369. The van der Waals surface area contributed by atoms with Crippen molar-refractivity contribution >= 4 is 17.2 Å². The van der Waals surface area contributed by atoms with E-state index in [4.69, 9.17) is 5.73 Å². The fourth-order valence-corrected chi connectivity index (χ4v) is 1.57. The normalized spacial score (nSPS) is 10.0. The number of pyridine rings is 1. The molecule has 0 unspecified atom stereocenters. The van der Waals surface area contributed by atoms with Crippen LogP contribution in [0.25, 0.3) is 11.3 Å². The van der Waals surface area contributed by atoms with Crippen molar-refractivity contribution in [2.45, 2.75) is 0 Å². The summed E-state index contributed by atoms with van der Waals surface area (Å²) in [5.41, 5.74) is 8.29. The van der Waals surface area contributed by atoms with E-state index in [1.165, 1.54) is 11.5 Å². The largest absolute Gasteiger partial charge is 0.396 e. The molecule has 60 valence electrons. The maximum Gasteiger partial charge on any atom is 0.107 e. The summed E-state index contributed by atoms with van der Waals surface area (Å²) in [7, 11) is 0. The summed E-state index contributed by atoms with van der Waals surface area (Å²) in [6.45, 7) is 0. The summed E-state index contributed by atoms with van der Waals surface area (Å²) in [6.07, 6.45) is 3.46. The van der Waals surface area contributed by atoms with Crippen molar-refractivity contribution in [1.29, 1.82) is 0 Å². The van der Waals surface area contributed by atoms with E-state index in [9.17, 15) is 0 Å². The molecule has 0 aliphatic rings. The molecule has 0 atom stereocenters. The van der Waals surface area contributed by atoms with Gasteiger partial charge >= 0.3 is 0 Å². The van der Waals surface area contributed by atoms with Gasteiger partial charge in [0, 0.05) is 23.3 Å². The molecule has 0 bridgehead atoms. The fourth-order valence-electron chi connectivity index (χ4n) is 0.974. The standard InChI is InChI=1S/C8H7N3S/c9-7-5-12-11-8(7)6-1-3-10-4-2-6/h1-5H,9H2. The minimum atomic E-state index is 0.728. The van der Waals surface area contributed by atoms with Gasteiger partial charge in [0.05, 0.1) is 5.69 Å². The SMILES string of the molecule is Nc1csnc1-c1ccncc1. The van der Waals surface area contributed by atoms with Gasteiger partial charge in [0.1, 0.15) is 5.69 Å². The fraction of sp³-hybridized carbons (Fsp3) is 0. The summed E-state index contributed by atoms with van der Waals surface area (Å²) < 4.78 is 4.17. The summed E-state index contributed by atoms with van der Waals surface area (Å²) in [6, 6.07) is 3.79. The van der Waals surface area contributed by atoms with Crippen molar-refractivity contribution < 1.29 is 0 Å². The number of hydrogen-bond donors (Lipinski definition) is 1. The van der Waals surface area contributed by atoms with Gasteiger partial charge in [0.15, 0.2) is 0 Å². The topological polar surface area (TPSA) is 51.8 Å². The van der Waals surface area contributed by atoms with E-state index in [1.54, 1.807) is 12.4 Å². The maximum atomic E-state index is 5.70. The monoisotopic (exact) mass is 177 g/mol. The molecule has 2 heterocycles. The second-order valence-corrected chi connectivity index (χ2v) is 2.98. The Labute approximate surface area is 74.0 Å². The van der Waals surface area contributed by atoms with Crippen LogP contribution in [-0.4, -0.2) is 9.36 Å². The Kier molecular flexibility index (Phi) is 1.75. The van der Waals surface area contributed by atoms with Crippen LogP contribution in [0.2, 0.25) is 0 Å². The van der Waals surface area contributed by atoms with Gasteiger partial charge in [-0.25, -0.2) is 0 Å². The second kappa shape index (κ2) is 2.91. The molecule has 12 heavy (non-hydrogen) atoms. The van der Waals surface area contributed by atoms with E-state index in [2.05, 4.69) is 9.36 Å². The van der Waals surface area contributed by atoms with Crippen LogP contribution in [-0.2, 0) is 0 Å². The smallest absolute Gasteiger partial charge is 0.107 e. The van der Waals surface area contributed by atoms with E-state index in [-0.39, 0.29) is 0 Å². The molecule has 0 aliphatic heterocycles. The Balaban J connectivity index is 2.51. The van der Waals surface area contributed by atoms with Crippen molar-refractivity contribution in [3.63, 3.8) is 0 Å². The van der Waals surface area contributed by atoms with Crippen LogP contribution < -0.4 is 5.73 Å². The van der Waals surface area contributed by atoms with E-state index >= 15 is 0 Å². The quantitative estimate of drug-likeness (QED) is 0.722. The van der Waals surface area contributed by atoms with Crippen LogP contribution in [0.3, 0.4) is 0 Å². The zero-order chi connectivity index (χ0) is 8.39. The molecule has 2 aromatic rings. The molecule has 0 fully saturated rings. The zero-order valence-corrected chi connectivity index (χ0v) is 7.08. The van der Waals surface area contributed by atoms with Crippen molar-refractivity contribution in [1.82, 2.24) is 9.36 Å². The number of nitrogens with zero attached hydrogens (tertiary/aromatic N) is 2. The molecule has 0 saturated carbocycles. The number of nitrogens with two attached hydrogens (primary N) is 1. The number of nitrogen functional groups attached to an aromatic ring is 1. The van der Waals surface area contributed by atoms with Crippen molar-refractivity contribution in [3.8, 4) is 11.3 Å². The minimum absolute atomic E-state index is 0.728. The number of rotatable bonds is 1. The third-order valence-electron chi connectivity index (χ3n) is 1.55. The summed E-state index contributed by atoms with van der Waals surface area (Å²) >= 11 is 1.37. The molecule has 0 saturated heterocycles. The van der Waals surface area contributed by atoms with Crippen molar-refractivity contribution in [2.75, 3.05) is 5.73 Å². The molecule has 2 N–H and O–H groups in total. The average molecular weight is 177 g/mol. The Morgan fingerprint density at radius 1 is 1.25 bits per heavy atom. The molecular formula is C8H7N3S. The first-order valence-electron chi connectivity index (χ1n) is 3.48. The minimum Gasteiger partial charge on any atom is -0.396 e. The number of aromatic nitrogens is 2. The summed E-state index contributed by atoms with van der Waals surface area (Å²) in [5, 5.41) is 1.83. The van der Waals surface area contributed by atoms with Gasteiger partial charge in [-0.1, -0.05) is 0 Å². The molecular weight excluding hydrogens is 170 g/mol. The average Bonchev–Trinajstić information content (AvgIpc) is 2.53. The highest BCUT2D eigenvalue weighted by molar-refractivity contribution is 7.04. The molecule has 2 rings (SSSR count). The predicted octanol–water partition coefficient (Wildman–Crippen LogP) is 1.79. The highest BCUT2D eigenvalue weighted by Gasteiger charge is 2.03. The lowest BCUT2D eigenvalue weighted by atomic mass is 10.2. The summed E-state index contributed by atoms with van der Waals surface area (Å²) in [4.78, 5) is 3.92. The second-order valence-electron chi connectivity index (χ2n) is 2.35. The van der Waals surface area contributed by atoms with Crippen molar-refractivity contribution in [3.05, 3.63) is 29.9 Å². The van der Waals surface area contributed by atoms with Gasteiger partial charge in [0.2, 0.25) is 0 Å². The van der Waals surface area contributed by atoms with Crippen LogP contribution in [0, 0.1) is 0 Å². The first-order valence-corrected chi connectivity index (χ1v) is 4.32. The zero-order valence-electron chi connectivity index (χ0n) is 6.27. The van der Waals surface area contributed by atoms with Crippen LogP contribution in [0.4, 0.5) is 5.69 Å². The van der Waals surface area contributed by atoms with E-state index in [1.807, 2.05) is 17.5 Å². The molecule has 0 aliphatic carbocycles. The first-order chi connectivity index (χ1) is 5.88. The van der Waals surface area contributed by atoms with Crippen LogP contribution in [0.5, 0.6) is 0 Å². The maximum absolute atomic E-state index is 5.70. The predicted molar refractivity (Wildman–Crippen MR) is 49.8 cm³/mol. The highest BCUT2D eigenvalue weighted by Crippen LogP contribution is 2.24. The van der Waals surface area contributed by atoms with Crippen LogP contribution in [0.15, 0.2) is 29.9 Å². The van der Waals surface area contributed by atoms with Crippen LogP contribution >= 0.6 is 11.5 Å². The molecule has 3 nitrogen and oxygen atoms in total. The van der Waals surface area contributed by atoms with Gasteiger partial charge in [-0.2, -0.15) is 4.37 Å². The van der Waals surface area contributed by atoms with E-state index < -0.39 is 0 Å². The Morgan fingerprint density at radius 3 is 2.58 bits per heavy atom. The number of hydrogen-bond acceptors (Lipinski definition) is 4.